The third kappa shape index (κ3) is 17.1. The van der Waals surface area contributed by atoms with Crippen molar-refractivity contribution in [2.75, 3.05) is 58.8 Å². The molecule has 1 aliphatic rings. The van der Waals surface area contributed by atoms with Gasteiger partial charge in [-0.3, -0.25) is 35.0 Å². The Morgan fingerprint density at radius 1 is 1.02 bits per heavy atom. The molecule has 3 rings (SSSR count). The Kier molecular flexibility index (Phi) is 23.0. The van der Waals surface area contributed by atoms with Gasteiger partial charge in [-0.15, -0.1) is 0 Å². The summed E-state index contributed by atoms with van der Waals surface area (Å²) in [5, 5.41) is 47.9. The Morgan fingerprint density at radius 3 is 2.02 bits per heavy atom. The van der Waals surface area contributed by atoms with Gasteiger partial charge < -0.3 is 35.1 Å². The number of esters is 1. The number of nitrogens with one attached hydrogen (secondary N) is 3. The maximum absolute atomic E-state index is 11.4. The van der Waals surface area contributed by atoms with Crippen LogP contribution in [0.25, 0.3) is 0 Å². The minimum Gasteiger partial charge on any atom is -0.508 e. The monoisotopic (exact) mass is 700 g/mol. The van der Waals surface area contributed by atoms with Crippen molar-refractivity contribution >= 4 is 41.9 Å². The molecule has 0 spiro atoms. The Labute approximate surface area is 296 Å². The first-order chi connectivity index (χ1) is 23.7. The van der Waals surface area contributed by atoms with Crippen LogP contribution in [-0.2, 0) is 30.5 Å². The third-order valence-corrected chi connectivity index (χ3v) is 7.38. The molecule has 0 saturated carbocycles. The van der Waals surface area contributed by atoms with E-state index in [4.69, 9.17) is 15.9 Å². The summed E-state index contributed by atoms with van der Waals surface area (Å²) in [6, 6.07) is 10.1. The van der Waals surface area contributed by atoms with Crippen LogP contribution in [-0.4, -0.2) is 115 Å². The smallest absolute Gasteiger partial charge is 0.305 e. The molecule has 0 atom stereocenters. The fraction of sp³-hybridized carbons (Fsp3) is 0.500. The van der Waals surface area contributed by atoms with E-state index in [0.717, 1.165) is 51.1 Å². The number of aromatic hydroxyl groups is 2. The first-order valence-corrected chi connectivity index (χ1v) is 16.6. The highest BCUT2D eigenvalue weighted by molar-refractivity contribution is 6.41. The standard InChI is InChI=1S/C24H31N5O3.C6H10O3.C3H9N.C3H6O2/c1-16(2)19-12-20(22(32)13-21(19)31)24(26)29(23(25)15-30)18-6-4-17(5-7-18)14-28-10-8-27(3)9-11-28;1-9-6(8)4-2-3-5-7;1-3-4-2;1-2-3(4)5/h4-7,12-13,15-16,25-26,31-32H,8-11,14H2,1-3H3;5H,2-4H2,1H3;4H,3H2,1-2H3;2H2,1H3,(H,4,5). The van der Waals surface area contributed by atoms with Crippen molar-refractivity contribution in [3.63, 3.8) is 0 Å². The number of amidine groups is 2. The van der Waals surface area contributed by atoms with Crippen LogP contribution in [0, 0.1) is 10.8 Å². The molecule has 0 radical (unpaired) electrons. The second-order valence-corrected chi connectivity index (χ2v) is 11.6. The zero-order valence-electron chi connectivity index (χ0n) is 30.5. The van der Waals surface area contributed by atoms with Crippen molar-refractivity contribution < 1.29 is 39.2 Å². The van der Waals surface area contributed by atoms with Crippen LogP contribution in [0.2, 0.25) is 0 Å². The number of unbranched alkanes of at least 4 members (excludes halogenated alkanes) is 1. The number of carboxylic acid groups (broad SMARTS) is 1. The molecule has 1 saturated heterocycles. The SMILES string of the molecule is CC(C)c1cc(C(=N)N(C(=N)C=O)c2ccc(CN3CCN(C)CC3)cc2)c(O)cc1O.CCC(=O)O.CCNC.COC(=O)CCCC=O. The van der Waals surface area contributed by atoms with Gasteiger partial charge in [0.2, 0.25) is 0 Å². The molecular formula is C36H56N6O8. The lowest BCUT2D eigenvalue weighted by Crippen LogP contribution is -2.43. The molecule has 14 heteroatoms. The lowest BCUT2D eigenvalue weighted by atomic mass is 9.98. The Morgan fingerprint density at radius 2 is 1.58 bits per heavy atom. The third-order valence-electron chi connectivity index (χ3n) is 7.38. The maximum atomic E-state index is 11.4. The van der Waals surface area contributed by atoms with Crippen LogP contribution in [0.1, 0.15) is 76.0 Å². The molecule has 2 aromatic rings. The second-order valence-electron chi connectivity index (χ2n) is 11.6. The number of carbonyl (C=O) groups is 4. The molecule has 0 unspecified atom stereocenters. The van der Waals surface area contributed by atoms with Gasteiger partial charge in [0.1, 0.15) is 23.6 Å². The number of ether oxygens (including phenoxy) is 1. The number of carboxylic acids is 1. The zero-order chi connectivity index (χ0) is 38.2. The predicted molar refractivity (Wildman–Crippen MR) is 196 cm³/mol. The van der Waals surface area contributed by atoms with Crippen LogP contribution < -0.4 is 10.2 Å². The number of phenols is 2. The summed E-state index contributed by atoms with van der Waals surface area (Å²) in [6.07, 6.45) is 2.76. The Bertz CT molecular complexity index is 1360. The first-order valence-electron chi connectivity index (χ1n) is 16.6. The molecule has 50 heavy (non-hydrogen) atoms. The van der Waals surface area contributed by atoms with Gasteiger partial charge in [-0.2, -0.15) is 0 Å². The summed E-state index contributed by atoms with van der Waals surface area (Å²) >= 11 is 0. The summed E-state index contributed by atoms with van der Waals surface area (Å²) < 4.78 is 4.34. The summed E-state index contributed by atoms with van der Waals surface area (Å²) in [4.78, 5) is 46.8. The number of benzene rings is 2. The average Bonchev–Trinajstić information content (AvgIpc) is 3.10. The molecule has 1 aliphatic heterocycles. The van der Waals surface area contributed by atoms with Gasteiger partial charge >= 0.3 is 11.9 Å². The van der Waals surface area contributed by atoms with E-state index >= 15 is 0 Å². The Hall–Kier alpha value is -4.66. The van der Waals surface area contributed by atoms with Gasteiger partial charge in [0, 0.05) is 63.7 Å². The number of nitrogens with zero attached hydrogens (tertiary/aromatic N) is 3. The van der Waals surface area contributed by atoms with E-state index in [9.17, 15) is 29.4 Å². The molecule has 6 N–H and O–H groups in total. The minimum atomic E-state index is -0.745. The topological polar surface area (TPSA) is 208 Å². The van der Waals surface area contributed by atoms with Gasteiger partial charge in [0.15, 0.2) is 12.1 Å². The number of hydrogen-bond acceptors (Lipinski definition) is 12. The lowest BCUT2D eigenvalue weighted by molar-refractivity contribution is -0.140. The van der Waals surface area contributed by atoms with Gasteiger partial charge in [-0.05, 0) is 62.3 Å². The van der Waals surface area contributed by atoms with E-state index in [0.29, 0.717) is 36.8 Å². The molecule has 0 aliphatic carbocycles. The number of piperazine rings is 1. The highest BCUT2D eigenvalue weighted by Gasteiger charge is 2.23. The minimum absolute atomic E-state index is 0.0324. The molecule has 0 bridgehead atoms. The number of rotatable bonds is 12. The molecule has 1 heterocycles. The van der Waals surface area contributed by atoms with Crippen molar-refractivity contribution in [1.29, 1.82) is 10.8 Å². The molecular weight excluding hydrogens is 644 g/mol. The van der Waals surface area contributed by atoms with E-state index in [-0.39, 0.29) is 41.2 Å². The lowest BCUT2D eigenvalue weighted by Gasteiger charge is -2.32. The highest BCUT2D eigenvalue weighted by atomic mass is 16.5. The summed E-state index contributed by atoms with van der Waals surface area (Å²) in [5.74, 6) is -2.00. The van der Waals surface area contributed by atoms with E-state index < -0.39 is 11.8 Å². The normalized spacial score (nSPS) is 12.5. The summed E-state index contributed by atoms with van der Waals surface area (Å²) in [5.41, 5.74) is 2.30. The summed E-state index contributed by atoms with van der Waals surface area (Å²) in [6.45, 7) is 13.4. The van der Waals surface area contributed by atoms with Crippen LogP contribution >= 0.6 is 0 Å². The molecule has 1 fully saturated rings. The molecule has 0 aromatic heterocycles. The van der Waals surface area contributed by atoms with Crippen molar-refractivity contribution in [1.82, 2.24) is 15.1 Å². The number of anilines is 1. The van der Waals surface area contributed by atoms with Crippen LogP contribution in [0.4, 0.5) is 5.69 Å². The van der Waals surface area contributed by atoms with Crippen molar-refractivity contribution in [3.8, 4) is 11.5 Å². The number of likely N-dealkylation sites (N-methyl/N-ethyl adjacent to an activating group) is 1. The highest BCUT2D eigenvalue weighted by Crippen LogP contribution is 2.33. The fourth-order valence-electron chi connectivity index (χ4n) is 4.25. The van der Waals surface area contributed by atoms with Gasteiger partial charge in [0.05, 0.1) is 12.7 Å². The number of phenolic OH excluding ortho intramolecular Hbond substituents is 2. The molecule has 0 amide bonds. The van der Waals surface area contributed by atoms with Gasteiger partial charge in [-0.25, -0.2) is 0 Å². The second kappa shape index (κ2) is 25.3. The predicted octanol–water partition coefficient (Wildman–Crippen LogP) is 4.21. The van der Waals surface area contributed by atoms with Gasteiger partial charge in [0.25, 0.3) is 0 Å². The van der Waals surface area contributed by atoms with Crippen LogP contribution in [0.15, 0.2) is 36.4 Å². The van der Waals surface area contributed by atoms with E-state index in [1.807, 2.05) is 33.0 Å². The number of aldehydes is 2. The first kappa shape index (κ1) is 45.3. The number of carbonyl (C=O) groups excluding carboxylic acids is 3. The van der Waals surface area contributed by atoms with E-state index in [2.05, 4.69) is 33.8 Å². The quantitative estimate of drug-likeness (QED) is 0.0605. The van der Waals surface area contributed by atoms with E-state index in [1.54, 1.807) is 19.1 Å². The number of methoxy groups -OCH3 is 1. The Balaban J connectivity index is 0.00000110. The van der Waals surface area contributed by atoms with Gasteiger partial charge in [-0.1, -0.05) is 39.8 Å². The number of hydrogen-bond donors (Lipinski definition) is 6. The van der Waals surface area contributed by atoms with E-state index in [1.165, 1.54) is 24.1 Å². The summed E-state index contributed by atoms with van der Waals surface area (Å²) in [7, 11) is 5.39. The zero-order valence-corrected chi connectivity index (χ0v) is 30.5. The van der Waals surface area contributed by atoms with Crippen LogP contribution in [0.5, 0.6) is 11.5 Å². The van der Waals surface area contributed by atoms with Crippen LogP contribution in [0.3, 0.4) is 0 Å². The van der Waals surface area contributed by atoms with Crippen molar-refractivity contribution in [3.05, 3.63) is 53.1 Å². The van der Waals surface area contributed by atoms with Crippen molar-refractivity contribution in [2.45, 2.75) is 65.8 Å². The van der Waals surface area contributed by atoms with Crippen molar-refractivity contribution in [2.24, 2.45) is 0 Å². The maximum Gasteiger partial charge on any atom is 0.305 e. The molecule has 14 nitrogen and oxygen atoms in total. The average molecular weight is 701 g/mol. The number of aliphatic carboxylic acids is 1. The largest absolute Gasteiger partial charge is 0.508 e. The fourth-order valence-corrected chi connectivity index (χ4v) is 4.25. The molecule has 278 valence electrons. The molecule has 2 aromatic carbocycles.